The molecule has 1 saturated carbocycles. The Morgan fingerprint density at radius 3 is 2.32 bits per heavy atom. The van der Waals surface area contributed by atoms with Gasteiger partial charge in [-0.05, 0) is 68.9 Å². The number of halogens is 4. The molecule has 2 aromatic carbocycles. The van der Waals surface area contributed by atoms with Crippen molar-refractivity contribution in [1.29, 1.82) is 0 Å². The van der Waals surface area contributed by atoms with Gasteiger partial charge in [0.05, 0.1) is 16.5 Å². The first-order valence-corrected chi connectivity index (χ1v) is 14.0. The molecule has 0 unspecified atom stereocenters. The Kier molecular flexibility index (Phi) is 7.38. The van der Waals surface area contributed by atoms with Crippen molar-refractivity contribution in [2.24, 2.45) is 5.92 Å². The lowest BCUT2D eigenvalue weighted by Gasteiger charge is -2.36. The SMILES string of the molecule is C[C@@H]1CC[C@H](C(=O)N[C@@H](c2ccc(C(F)(F)F)cc2F)C2CCC2)N1C(=O)c1cccc(S(C)(=O)=O)c1. The quantitative estimate of drug-likeness (QED) is 0.529. The topological polar surface area (TPSA) is 83.6 Å². The van der Waals surface area contributed by atoms with Gasteiger partial charge in [0.1, 0.15) is 11.9 Å². The van der Waals surface area contributed by atoms with Gasteiger partial charge in [-0.15, -0.1) is 0 Å². The molecule has 200 valence electrons. The van der Waals surface area contributed by atoms with Gasteiger partial charge in [0.15, 0.2) is 9.84 Å². The van der Waals surface area contributed by atoms with Crippen molar-refractivity contribution in [1.82, 2.24) is 10.2 Å². The molecule has 1 aliphatic heterocycles. The number of sulfone groups is 1. The van der Waals surface area contributed by atoms with Crippen LogP contribution in [0.3, 0.4) is 0 Å². The summed E-state index contributed by atoms with van der Waals surface area (Å²) >= 11 is 0. The van der Waals surface area contributed by atoms with E-state index in [2.05, 4.69) is 5.32 Å². The molecule has 0 aromatic heterocycles. The summed E-state index contributed by atoms with van der Waals surface area (Å²) in [6, 6.07) is 5.87. The van der Waals surface area contributed by atoms with Gasteiger partial charge in [-0.1, -0.05) is 18.6 Å². The van der Waals surface area contributed by atoms with E-state index < -0.39 is 51.3 Å². The highest BCUT2D eigenvalue weighted by atomic mass is 32.2. The van der Waals surface area contributed by atoms with Crippen molar-refractivity contribution >= 4 is 21.7 Å². The molecule has 2 fully saturated rings. The third-order valence-corrected chi connectivity index (χ3v) is 8.41. The molecule has 11 heteroatoms. The fraction of sp³-hybridized carbons (Fsp3) is 0.462. The second-order valence-corrected chi connectivity index (χ2v) is 11.9. The molecular weight excluding hydrogens is 512 g/mol. The summed E-state index contributed by atoms with van der Waals surface area (Å²) in [5.74, 6) is -2.20. The van der Waals surface area contributed by atoms with Gasteiger partial charge in [-0.25, -0.2) is 12.8 Å². The fourth-order valence-corrected chi connectivity index (χ4v) is 5.69. The van der Waals surface area contributed by atoms with Crippen LogP contribution in [0.1, 0.15) is 66.6 Å². The second-order valence-electron chi connectivity index (χ2n) is 9.87. The van der Waals surface area contributed by atoms with E-state index in [-0.39, 0.29) is 28.0 Å². The number of nitrogens with zero attached hydrogens (tertiary/aromatic N) is 1. The summed E-state index contributed by atoms with van der Waals surface area (Å²) in [6.07, 6.45) is -0.548. The van der Waals surface area contributed by atoms with Gasteiger partial charge in [-0.3, -0.25) is 9.59 Å². The number of hydrogen-bond acceptors (Lipinski definition) is 4. The zero-order chi connectivity index (χ0) is 27.1. The Morgan fingerprint density at radius 1 is 1.05 bits per heavy atom. The van der Waals surface area contributed by atoms with Crippen LogP contribution in [0.5, 0.6) is 0 Å². The Balaban J connectivity index is 1.59. The monoisotopic (exact) mass is 540 g/mol. The summed E-state index contributed by atoms with van der Waals surface area (Å²) in [5.41, 5.74) is -1.00. The van der Waals surface area contributed by atoms with Crippen LogP contribution in [0.15, 0.2) is 47.4 Å². The molecule has 2 amide bonds. The average Bonchev–Trinajstić information content (AvgIpc) is 3.17. The third-order valence-electron chi connectivity index (χ3n) is 7.30. The summed E-state index contributed by atoms with van der Waals surface area (Å²) in [5, 5.41) is 2.82. The van der Waals surface area contributed by atoms with Crippen LogP contribution >= 0.6 is 0 Å². The van der Waals surface area contributed by atoms with Crippen LogP contribution < -0.4 is 5.32 Å². The Bertz CT molecular complexity index is 1310. The zero-order valence-electron chi connectivity index (χ0n) is 20.4. The number of hydrogen-bond donors (Lipinski definition) is 1. The number of benzene rings is 2. The van der Waals surface area contributed by atoms with Gasteiger partial charge in [0.25, 0.3) is 5.91 Å². The predicted octanol–water partition coefficient (Wildman–Crippen LogP) is 4.90. The predicted molar refractivity (Wildman–Crippen MR) is 128 cm³/mol. The average molecular weight is 541 g/mol. The number of likely N-dealkylation sites (tertiary alicyclic amines) is 1. The van der Waals surface area contributed by atoms with E-state index >= 15 is 0 Å². The maximum atomic E-state index is 14.8. The second kappa shape index (κ2) is 10.1. The van der Waals surface area contributed by atoms with E-state index in [4.69, 9.17) is 0 Å². The van der Waals surface area contributed by atoms with Gasteiger partial charge < -0.3 is 10.2 Å². The van der Waals surface area contributed by atoms with E-state index in [0.29, 0.717) is 31.7 Å². The molecule has 2 aliphatic rings. The normalized spacial score (nSPS) is 21.4. The molecule has 0 bridgehead atoms. The van der Waals surface area contributed by atoms with Crippen LogP contribution in [0.2, 0.25) is 0 Å². The Hall–Kier alpha value is -2.95. The maximum absolute atomic E-state index is 14.8. The third kappa shape index (κ3) is 5.66. The van der Waals surface area contributed by atoms with E-state index in [1.807, 2.05) is 0 Å². The van der Waals surface area contributed by atoms with Crippen molar-refractivity contribution in [3.05, 3.63) is 65.0 Å². The molecule has 1 N–H and O–H groups in total. The summed E-state index contributed by atoms with van der Waals surface area (Å²) in [6.45, 7) is 1.78. The minimum absolute atomic E-state index is 0.0178. The van der Waals surface area contributed by atoms with Crippen molar-refractivity contribution in [3.63, 3.8) is 0 Å². The van der Waals surface area contributed by atoms with Crippen LogP contribution in [0.25, 0.3) is 0 Å². The standard InChI is InChI=1S/C26H28F4N2O4S/c1-15-9-12-22(32(15)25(34)17-7-4-8-19(13-17)37(2,35)36)24(33)31-23(16-5-3-6-16)20-11-10-18(14-21(20)27)26(28,29)30/h4,7-8,10-11,13-16,22-23H,3,5-6,9,12H2,1-2H3,(H,31,33)/t15-,22-,23-/m1/s1. The van der Waals surface area contributed by atoms with E-state index in [9.17, 15) is 35.6 Å². The lowest BCUT2D eigenvalue weighted by atomic mass is 9.76. The Labute approximate surface area is 213 Å². The lowest BCUT2D eigenvalue weighted by molar-refractivity contribution is -0.137. The molecule has 1 heterocycles. The van der Waals surface area contributed by atoms with E-state index in [1.165, 1.54) is 29.2 Å². The zero-order valence-corrected chi connectivity index (χ0v) is 21.2. The number of amides is 2. The lowest BCUT2D eigenvalue weighted by Crippen LogP contribution is -2.50. The van der Waals surface area contributed by atoms with Gasteiger partial charge in [-0.2, -0.15) is 13.2 Å². The molecule has 1 aliphatic carbocycles. The van der Waals surface area contributed by atoms with Crippen LogP contribution in [0.4, 0.5) is 17.6 Å². The largest absolute Gasteiger partial charge is 0.416 e. The molecule has 4 rings (SSSR count). The number of carbonyl (C=O) groups excluding carboxylic acids is 2. The van der Waals surface area contributed by atoms with E-state index in [1.54, 1.807) is 6.92 Å². The molecule has 0 radical (unpaired) electrons. The van der Waals surface area contributed by atoms with Gasteiger partial charge in [0.2, 0.25) is 5.91 Å². The first-order valence-electron chi connectivity index (χ1n) is 12.1. The fourth-order valence-electron chi connectivity index (χ4n) is 5.02. The molecule has 3 atom stereocenters. The highest BCUT2D eigenvalue weighted by Crippen LogP contribution is 2.40. The first-order chi connectivity index (χ1) is 17.3. The molecule has 1 saturated heterocycles. The number of rotatable bonds is 6. The molecule has 2 aromatic rings. The van der Waals surface area contributed by atoms with Crippen molar-refractivity contribution in [2.75, 3.05) is 6.26 Å². The van der Waals surface area contributed by atoms with Crippen LogP contribution in [0, 0.1) is 11.7 Å². The first kappa shape index (κ1) is 27.1. The number of alkyl halides is 3. The highest BCUT2D eigenvalue weighted by molar-refractivity contribution is 7.90. The summed E-state index contributed by atoms with van der Waals surface area (Å²) in [4.78, 5) is 28.2. The van der Waals surface area contributed by atoms with Crippen molar-refractivity contribution < 1.29 is 35.6 Å². The van der Waals surface area contributed by atoms with Gasteiger partial charge >= 0.3 is 6.18 Å². The molecule has 6 nitrogen and oxygen atoms in total. The van der Waals surface area contributed by atoms with Crippen molar-refractivity contribution in [2.45, 2.75) is 68.2 Å². The van der Waals surface area contributed by atoms with Crippen molar-refractivity contribution in [3.8, 4) is 0 Å². The highest BCUT2D eigenvalue weighted by Gasteiger charge is 2.42. The molecule has 37 heavy (non-hydrogen) atoms. The molecule has 0 spiro atoms. The summed E-state index contributed by atoms with van der Waals surface area (Å²) < 4.78 is 77.8. The molecular formula is C26H28F4N2O4S. The minimum Gasteiger partial charge on any atom is -0.347 e. The van der Waals surface area contributed by atoms with Crippen LogP contribution in [-0.2, 0) is 20.8 Å². The van der Waals surface area contributed by atoms with Gasteiger partial charge in [0, 0.05) is 23.4 Å². The smallest absolute Gasteiger partial charge is 0.347 e. The van der Waals surface area contributed by atoms with E-state index in [0.717, 1.165) is 24.8 Å². The van der Waals surface area contributed by atoms with Crippen LogP contribution in [-0.4, -0.2) is 43.5 Å². The minimum atomic E-state index is -4.69. The number of carbonyl (C=O) groups is 2. The maximum Gasteiger partial charge on any atom is 0.416 e. The number of nitrogens with one attached hydrogen (secondary N) is 1. The Morgan fingerprint density at radius 2 is 1.76 bits per heavy atom. The summed E-state index contributed by atoms with van der Waals surface area (Å²) in [7, 11) is -3.55.